The Kier molecular flexibility index (Phi) is 6.75. The maximum Gasteiger partial charge on any atom is 0.323 e. The molecular formula is C20H38N3O2+. The lowest BCUT2D eigenvalue weighted by molar-refractivity contribution is -0.678. The normalized spacial score (nSPS) is 32.1. The van der Waals surface area contributed by atoms with Crippen LogP contribution in [0.4, 0.5) is 0 Å². The number of piperidine rings is 1. The van der Waals surface area contributed by atoms with Crippen LogP contribution >= 0.6 is 0 Å². The lowest BCUT2D eigenvalue weighted by Gasteiger charge is -2.41. The van der Waals surface area contributed by atoms with Crippen molar-refractivity contribution in [2.75, 3.05) is 26.9 Å². The monoisotopic (exact) mass is 352 g/mol. The molecular weight excluding hydrogens is 314 g/mol. The molecule has 0 aromatic rings. The van der Waals surface area contributed by atoms with Gasteiger partial charge in [-0.2, -0.15) is 0 Å². The van der Waals surface area contributed by atoms with Crippen LogP contribution in [0, 0.1) is 5.92 Å². The molecule has 0 aromatic carbocycles. The topological polar surface area (TPSA) is 49.4 Å². The minimum absolute atomic E-state index is 0.0347. The molecule has 5 nitrogen and oxygen atoms in total. The standard InChI is InChI=1S/C20H37N3O2/c1-15(2)23-14-21-17-12-18(20(24)25-3)22(13-19(17)23)11-7-10-16-8-5-4-6-9-16/h15-19,21H,4-14H2,1-3H3/p+1/t17?,18-,19?/m0/s1. The zero-order chi connectivity index (χ0) is 17.8. The average molecular weight is 353 g/mol. The van der Waals surface area contributed by atoms with Gasteiger partial charge in [-0.1, -0.05) is 32.1 Å². The number of hydrogen-bond acceptors (Lipinski definition) is 4. The molecule has 0 radical (unpaired) electrons. The molecule has 144 valence electrons. The van der Waals surface area contributed by atoms with Crippen LogP contribution in [-0.4, -0.2) is 66.8 Å². The van der Waals surface area contributed by atoms with Crippen molar-refractivity contribution in [3.63, 3.8) is 0 Å². The van der Waals surface area contributed by atoms with E-state index >= 15 is 0 Å². The van der Waals surface area contributed by atoms with Gasteiger partial charge >= 0.3 is 5.97 Å². The van der Waals surface area contributed by atoms with Crippen LogP contribution in [0.3, 0.4) is 0 Å². The molecule has 1 aliphatic carbocycles. The van der Waals surface area contributed by atoms with Gasteiger partial charge < -0.3 is 10.1 Å². The van der Waals surface area contributed by atoms with Crippen LogP contribution in [0.5, 0.6) is 0 Å². The first-order valence-corrected chi connectivity index (χ1v) is 10.5. The Hall–Kier alpha value is -0.650. The van der Waals surface area contributed by atoms with E-state index in [0.717, 1.165) is 32.1 Å². The second-order valence-corrected chi connectivity index (χ2v) is 8.67. The first kappa shape index (κ1) is 19.1. The molecule has 3 rings (SSSR count). The molecule has 0 amide bonds. The van der Waals surface area contributed by atoms with Gasteiger partial charge in [0, 0.05) is 19.0 Å². The number of nitrogens with two attached hydrogens (primary N) is 1. The Morgan fingerprint density at radius 1 is 1.24 bits per heavy atom. The van der Waals surface area contributed by atoms with Crippen molar-refractivity contribution < 1.29 is 14.8 Å². The molecule has 1 saturated carbocycles. The van der Waals surface area contributed by atoms with Gasteiger partial charge in [-0.15, -0.1) is 0 Å². The van der Waals surface area contributed by atoms with E-state index in [1.165, 1.54) is 52.1 Å². The summed E-state index contributed by atoms with van der Waals surface area (Å²) in [6.07, 6.45) is 10.6. The predicted molar refractivity (Wildman–Crippen MR) is 99.1 cm³/mol. The number of carbonyl (C=O) groups is 1. The van der Waals surface area contributed by atoms with Crippen molar-refractivity contribution in [3.05, 3.63) is 0 Å². The number of methoxy groups -OCH3 is 1. The van der Waals surface area contributed by atoms with E-state index in [4.69, 9.17) is 4.74 Å². The summed E-state index contributed by atoms with van der Waals surface area (Å²) in [5, 5.41) is 2.43. The fourth-order valence-electron chi connectivity index (χ4n) is 5.34. The van der Waals surface area contributed by atoms with E-state index in [-0.39, 0.29) is 12.0 Å². The number of fused-ring (bicyclic) bond motifs is 1. The molecule has 25 heavy (non-hydrogen) atoms. The lowest BCUT2D eigenvalue weighted by atomic mass is 9.86. The quantitative estimate of drug-likeness (QED) is 0.738. The summed E-state index contributed by atoms with van der Waals surface area (Å²) in [5.74, 6) is 0.891. The first-order chi connectivity index (χ1) is 12.1. The van der Waals surface area contributed by atoms with Gasteiger partial charge in [0.05, 0.1) is 13.2 Å². The third kappa shape index (κ3) is 4.55. The summed E-state index contributed by atoms with van der Waals surface area (Å²) >= 11 is 0. The highest BCUT2D eigenvalue weighted by atomic mass is 16.5. The highest BCUT2D eigenvalue weighted by Gasteiger charge is 2.48. The molecule has 5 heteroatoms. The molecule has 2 unspecified atom stereocenters. The van der Waals surface area contributed by atoms with Gasteiger partial charge in [0.1, 0.15) is 18.8 Å². The average Bonchev–Trinajstić information content (AvgIpc) is 3.04. The van der Waals surface area contributed by atoms with E-state index < -0.39 is 0 Å². The van der Waals surface area contributed by atoms with Crippen molar-refractivity contribution in [1.29, 1.82) is 0 Å². The predicted octanol–water partition coefficient (Wildman–Crippen LogP) is 1.58. The molecule has 0 bridgehead atoms. The summed E-state index contributed by atoms with van der Waals surface area (Å²) < 4.78 is 5.13. The van der Waals surface area contributed by atoms with E-state index in [1.807, 2.05) is 0 Å². The third-order valence-corrected chi connectivity index (χ3v) is 6.82. The van der Waals surface area contributed by atoms with Crippen LogP contribution in [0.2, 0.25) is 0 Å². The minimum Gasteiger partial charge on any atom is -0.468 e. The highest BCUT2D eigenvalue weighted by Crippen LogP contribution is 2.29. The van der Waals surface area contributed by atoms with Crippen LogP contribution in [0.15, 0.2) is 0 Å². The largest absolute Gasteiger partial charge is 0.468 e. The number of likely N-dealkylation sites (tertiary alicyclic amines) is 1. The molecule has 2 heterocycles. The summed E-state index contributed by atoms with van der Waals surface area (Å²) in [6.45, 7) is 7.71. The molecule has 0 aromatic heterocycles. The summed E-state index contributed by atoms with van der Waals surface area (Å²) in [4.78, 5) is 17.4. The van der Waals surface area contributed by atoms with Crippen LogP contribution in [0.1, 0.15) is 65.2 Å². The summed E-state index contributed by atoms with van der Waals surface area (Å²) in [7, 11) is 1.54. The molecule has 0 spiro atoms. The van der Waals surface area contributed by atoms with Crippen molar-refractivity contribution >= 4 is 5.97 Å². The molecule has 3 fully saturated rings. The number of nitrogens with zero attached hydrogens (tertiary/aromatic N) is 2. The summed E-state index contributed by atoms with van der Waals surface area (Å²) in [6, 6.07) is 1.66. The Bertz CT molecular complexity index is 437. The first-order valence-electron chi connectivity index (χ1n) is 10.5. The zero-order valence-corrected chi connectivity index (χ0v) is 16.5. The fraction of sp³-hybridized carbons (Fsp3) is 0.950. The maximum atomic E-state index is 12.4. The number of esters is 1. The lowest BCUT2D eigenvalue weighted by Crippen LogP contribution is -2.89. The van der Waals surface area contributed by atoms with Gasteiger partial charge in [0.25, 0.3) is 0 Å². The van der Waals surface area contributed by atoms with Crippen molar-refractivity contribution in [2.24, 2.45) is 5.92 Å². The molecule has 2 saturated heterocycles. The van der Waals surface area contributed by atoms with Gasteiger partial charge in [-0.3, -0.25) is 9.69 Å². The number of hydrogen-bond donors (Lipinski definition) is 1. The van der Waals surface area contributed by atoms with Crippen molar-refractivity contribution in [2.45, 2.75) is 89.4 Å². The van der Waals surface area contributed by atoms with E-state index in [9.17, 15) is 4.79 Å². The Morgan fingerprint density at radius 3 is 2.68 bits per heavy atom. The molecule has 2 N–H and O–H groups in total. The third-order valence-electron chi connectivity index (χ3n) is 6.82. The van der Waals surface area contributed by atoms with E-state index in [2.05, 4.69) is 29.0 Å². The Morgan fingerprint density at radius 2 is 2.00 bits per heavy atom. The maximum absolute atomic E-state index is 12.4. The molecule has 3 aliphatic rings. The van der Waals surface area contributed by atoms with E-state index in [1.54, 1.807) is 0 Å². The van der Waals surface area contributed by atoms with Crippen LogP contribution in [0.25, 0.3) is 0 Å². The highest BCUT2D eigenvalue weighted by molar-refractivity contribution is 5.75. The van der Waals surface area contributed by atoms with Gasteiger partial charge in [-0.25, -0.2) is 4.90 Å². The Labute approximate surface area is 153 Å². The van der Waals surface area contributed by atoms with E-state index in [0.29, 0.717) is 18.1 Å². The zero-order valence-electron chi connectivity index (χ0n) is 16.5. The fourth-order valence-corrected chi connectivity index (χ4v) is 5.34. The molecule has 2 aliphatic heterocycles. The van der Waals surface area contributed by atoms with Gasteiger partial charge in [0.15, 0.2) is 0 Å². The SMILES string of the molecule is COC(=O)[C@@H]1CC2[NH2+]CN(C(C)C)C2CN1CCCC1CCCCC1. The minimum atomic E-state index is -0.0408. The van der Waals surface area contributed by atoms with Gasteiger partial charge in [0.2, 0.25) is 0 Å². The number of rotatable bonds is 6. The second kappa shape index (κ2) is 8.83. The number of ether oxygens (including phenoxy) is 1. The van der Waals surface area contributed by atoms with Gasteiger partial charge in [-0.05, 0) is 39.2 Å². The Balaban J connectivity index is 1.58. The van der Waals surface area contributed by atoms with Crippen LogP contribution < -0.4 is 5.32 Å². The summed E-state index contributed by atoms with van der Waals surface area (Å²) in [5.41, 5.74) is 0. The smallest absolute Gasteiger partial charge is 0.323 e. The van der Waals surface area contributed by atoms with Crippen LogP contribution in [-0.2, 0) is 9.53 Å². The second-order valence-electron chi connectivity index (χ2n) is 8.67. The molecule has 3 atom stereocenters. The number of carbonyl (C=O) groups excluding carboxylic acids is 1. The van der Waals surface area contributed by atoms with Crippen molar-refractivity contribution in [1.82, 2.24) is 9.80 Å². The van der Waals surface area contributed by atoms with Crippen molar-refractivity contribution in [3.8, 4) is 0 Å². The number of quaternary nitrogens is 1.